The van der Waals surface area contributed by atoms with Gasteiger partial charge in [0.1, 0.15) is 0 Å². The molecule has 2 aromatic rings. The lowest BCUT2D eigenvalue weighted by Gasteiger charge is -2.09. The molecule has 0 amide bonds. The molecule has 0 saturated heterocycles. The summed E-state index contributed by atoms with van der Waals surface area (Å²) in [6.07, 6.45) is 3.77. The van der Waals surface area contributed by atoms with Gasteiger partial charge in [0, 0.05) is 30.5 Å². The van der Waals surface area contributed by atoms with Gasteiger partial charge in [0.25, 0.3) is 0 Å². The van der Waals surface area contributed by atoms with Gasteiger partial charge in [-0.15, -0.1) is 0 Å². The Labute approximate surface area is 89.0 Å². The van der Waals surface area contributed by atoms with Gasteiger partial charge in [-0.25, -0.2) is 0 Å². The highest BCUT2D eigenvalue weighted by Crippen LogP contribution is 2.35. The molecule has 2 heterocycles. The summed E-state index contributed by atoms with van der Waals surface area (Å²) in [7, 11) is 0. The van der Waals surface area contributed by atoms with Gasteiger partial charge in [0.05, 0.1) is 0 Å². The highest BCUT2D eigenvalue weighted by molar-refractivity contribution is 5.60. The molecule has 1 N–H and O–H groups in total. The second-order valence-corrected chi connectivity index (χ2v) is 3.81. The van der Waals surface area contributed by atoms with Crippen LogP contribution in [0.4, 0.5) is 5.69 Å². The van der Waals surface area contributed by atoms with Crippen molar-refractivity contribution < 1.29 is 0 Å². The van der Waals surface area contributed by atoms with E-state index in [1.54, 1.807) is 0 Å². The van der Waals surface area contributed by atoms with Crippen LogP contribution in [0.3, 0.4) is 0 Å². The van der Waals surface area contributed by atoms with E-state index >= 15 is 0 Å². The average Bonchev–Trinajstić information content (AvgIpc) is 2.74. The molecule has 1 aliphatic rings. The monoisotopic (exact) mass is 196 g/mol. The second kappa shape index (κ2) is 3.39. The number of rotatable bonds is 1. The predicted molar refractivity (Wildman–Crippen MR) is 61.0 cm³/mol. The molecule has 2 nitrogen and oxygen atoms in total. The molecule has 1 unspecified atom stereocenters. The molecule has 0 saturated carbocycles. The van der Waals surface area contributed by atoms with Gasteiger partial charge in [0.2, 0.25) is 0 Å². The highest BCUT2D eigenvalue weighted by Gasteiger charge is 2.22. The molecule has 1 aromatic heterocycles. The van der Waals surface area contributed by atoms with Gasteiger partial charge in [-0.2, -0.15) is 0 Å². The van der Waals surface area contributed by atoms with Gasteiger partial charge < -0.3 is 5.32 Å². The average molecular weight is 196 g/mol. The van der Waals surface area contributed by atoms with Crippen molar-refractivity contribution in [2.24, 2.45) is 0 Å². The van der Waals surface area contributed by atoms with Crippen molar-refractivity contribution in [3.8, 4) is 0 Å². The SMILES string of the molecule is c1cncc(C2CNc3ccccc32)c1. The van der Waals surface area contributed by atoms with E-state index in [-0.39, 0.29) is 0 Å². The number of aromatic nitrogens is 1. The number of para-hydroxylation sites is 1. The first-order chi connectivity index (χ1) is 7.45. The van der Waals surface area contributed by atoms with Crippen LogP contribution in [0, 0.1) is 0 Å². The summed E-state index contributed by atoms with van der Waals surface area (Å²) in [6.45, 7) is 0.977. The Hall–Kier alpha value is -1.83. The van der Waals surface area contributed by atoms with E-state index < -0.39 is 0 Å². The van der Waals surface area contributed by atoms with E-state index in [4.69, 9.17) is 0 Å². The molecule has 0 aliphatic carbocycles. The van der Waals surface area contributed by atoms with Crippen molar-refractivity contribution in [1.29, 1.82) is 0 Å². The standard InChI is InChI=1S/C13H12N2/c1-2-6-13-11(5-1)12(9-15-13)10-4-3-7-14-8-10/h1-8,12,15H,9H2. The van der Waals surface area contributed by atoms with Crippen LogP contribution in [0.1, 0.15) is 17.0 Å². The van der Waals surface area contributed by atoms with Crippen LogP contribution < -0.4 is 5.32 Å². The molecule has 1 aromatic carbocycles. The first-order valence-electron chi connectivity index (χ1n) is 5.18. The number of nitrogens with zero attached hydrogens (tertiary/aromatic N) is 1. The molecule has 2 heteroatoms. The first-order valence-corrected chi connectivity index (χ1v) is 5.18. The summed E-state index contributed by atoms with van der Waals surface area (Å²) < 4.78 is 0. The number of fused-ring (bicyclic) bond motifs is 1. The normalized spacial score (nSPS) is 18.3. The van der Waals surface area contributed by atoms with Crippen LogP contribution in [0.5, 0.6) is 0 Å². The molecule has 0 bridgehead atoms. The van der Waals surface area contributed by atoms with Crippen molar-refractivity contribution in [2.75, 3.05) is 11.9 Å². The van der Waals surface area contributed by atoms with Crippen LogP contribution in [0.25, 0.3) is 0 Å². The number of hydrogen-bond donors (Lipinski definition) is 1. The Bertz CT molecular complexity index is 465. The fraction of sp³-hybridized carbons (Fsp3) is 0.154. The largest absolute Gasteiger partial charge is 0.384 e. The zero-order valence-corrected chi connectivity index (χ0v) is 8.35. The van der Waals surface area contributed by atoms with Crippen molar-refractivity contribution >= 4 is 5.69 Å². The zero-order valence-electron chi connectivity index (χ0n) is 8.35. The smallest absolute Gasteiger partial charge is 0.0380 e. The summed E-state index contributed by atoms with van der Waals surface area (Å²) in [5.41, 5.74) is 3.92. The van der Waals surface area contributed by atoms with Gasteiger partial charge in [-0.3, -0.25) is 4.98 Å². The number of anilines is 1. The van der Waals surface area contributed by atoms with E-state index in [0.29, 0.717) is 5.92 Å². The topological polar surface area (TPSA) is 24.9 Å². The Morgan fingerprint density at radius 3 is 2.93 bits per heavy atom. The maximum Gasteiger partial charge on any atom is 0.0380 e. The van der Waals surface area contributed by atoms with Gasteiger partial charge in [-0.05, 0) is 23.3 Å². The molecule has 0 spiro atoms. The van der Waals surface area contributed by atoms with Gasteiger partial charge in [-0.1, -0.05) is 24.3 Å². The van der Waals surface area contributed by atoms with Crippen LogP contribution in [-0.4, -0.2) is 11.5 Å². The minimum absolute atomic E-state index is 0.454. The Morgan fingerprint density at radius 2 is 2.07 bits per heavy atom. The fourth-order valence-corrected chi connectivity index (χ4v) is 2.16. The van der Waals surface area contributed by atoms with E-state index in [1.165, 1.54) is 16.8 Å². The lowest BCUT2D eigenvalue weighted by molar-refractivity contribution is 0.897. The molecule has 74 valence electrons. The lowest BCUT2D eigenvalue weighted by atomic mass is 9.95. The van der Waals surface area contributed by atoms with Gasteiger partial charge >= 0.3 is 0 Å². The number of pyridine rings is 1. The molecule has 1 aliphatic heterocycles. The molecule has 0 radical (unpaired) electrons. The molecular weight excluding hydrogens is 184 g/mol. The molecule has 15 heavy (non-hydrogen) atoms. The maximum absolute atomic E-state index is 4.17. The highest BCUT2D eigenvalue weighted by atomic mass is 14.9. The third-order valence-electron chi connectivity index (χ3n) is 2.92. The van der Waals surface area contributed by atoms with Crippen molar-refractivity contribution in [3.05, 3.63) is 59.9 Å². The molecule has 3 rings (SSSR count). The van der Waals surface area contributed by atoms with Crippen molar-refractivity contribution in [1.82, 2.24) is 4.98 Å². The number of hydrogen-bond acceptors (Lipinski definition) is 2. The lowest BCUT2D eigenvalue weighted by Crippen LogP contribution is -2.03. The molecule has 0 fully saturated rings. The maximum atomic E-state index is 4.17. The minimum atomic E-state index is 0.454. The number of benzene rings is 1. The van der Waals surface area contributed by atoms with E-state index in [2.05, 4.69) is 40.6 Å². The number of nitrogens with one attached hydrogen (secondary N) is 1. The summed E-state index contributed by atoms with van der Waals surface area (Å²) in [5, 5.41) is 3.42. The first kappa shape index (κ1) is 8.48. The Kier molecular flexibility index (Phi) is 1.91. The Morgan fingerprint density at radius 1 is 1.13 bits per heavy atom. The van der Waals surface area contributed by atoms with Crippen molar-refractivity contribution in [2.45, 2.75) is 5.92 Å². The second-order valence-electron chi connectivity index (χ2n) is 3.81. The van der Waals surface area contributed by atoms with Crippen LogP contribution >= 0.6 is 0 Å². The molecule has 1 atom stereocenters. The van der Waals surface area contributed by atoms with Crippen LogP contribution in [0.15, 0.2) is 48.8 Å². The Balaban J connectivity index is 2.05. The third-order valence-corrected chi connectivity index (χ3v) is 2.92. The minimum Gasteiger partial charge on any atom is -0.384 e. The summed E-state index contributed by atoms with van der Waals surface area (Å²) in [4.78, 5) is 4.17. The van der Waals surface area contributed by atoms with Crippen LogP contribution in [0.2, 0.25) is 0 Å². The van der Waals surface area contributed by atoms with Gasteiger partial charge in [0.15, 0.2) is 0 Å². The van der Waals surface area contributed by atoms with E-state index in [1.807, 2.05) is 18.5 Å². The summed E-state index contributed by atoms with van der Waals surface area (Å²) in [5.74, 6) is 0.454. The summed E-state index contributed by atoms with van der Waals surface area (Å²) in [6, 6.07) is 12.6. The van der Waals surface area contributed by atoms with Crippen LogP contribution in [-0.2, 0) is 0 Å². The van der Waals surface area contributed by atoms with E-state index in [9.17, 15) is 0 Å². The zero-order chi connectivity index (χ0) is 10.1. The molecular formula is C13H12N2. The quantitative estimate of drug-likeness (QED) is 0.758. The van der Waals surface area contributed by atoms with E-state index in [0.717, 1.165) is 6.54 Å². The van der Waals surface area contributed by atoms with Crippen molar-refractivity contribution in [3.63, 3.8) is 0 Å². The fourth-order valence-electron chi connectivity index (χ4n) is 2.16. The predicted octanol–water partition coefficient (Wildman–Crippen LogP) is 2.64. The third kappa shape index (κ3) is 1.38. The summed E-state index contributed by atoms with van der Waals surface area (Å²) >= 11 is 0.